The maximum absolute atomic E-state index is 12.2. The molecule has 0 unspecified atom stereocenters. The molecule has 4 aromatic rings. The molecule has 0 aliphatic rings. The van der Waals surface area contributed by atoms with E-state index < -0.39 is 0 Å². The van der Waals surface area contributed by atoms with E-state index in [-0.39, 0.29) is 5.63 Å². The van der Waals surface area contributed by atoms with E-state index in [0.29, 0.717) is 36.2 Å². The van der Waals surface area contributed by atoms with Crippen molar-refractivity contribution in [2.24, 2.45) is 0 Å². The van der Waals surface area contributed by atoms with E-state index in [4.69, 9.17) is 13.3 Å². The van der Waals surface area contributed by atoms with Gasteiger partial charge in [-0.25, -0.2) is 4.79 Å². The molecule has 3 aromatic heterocycles. The summed E-state index contributed by atoms with van der Waals surface area (Å²) in [6.45, 7) is 7.98. The number of aryl methyl sites for hydroxylation is 2. The SMILES string of the molecule is CCCN(Cc1nnc(-c2ccco2)o1)Cc1cc(=O)oc2c(C)c(C)ccc12. The normalized spacial score (nSPS) is 11.6. The van der Waals surface area contributed by atoms with E-state index in [1.165, 1.54) is 0 Å². The van der Waals surface area contributed by atoms with Crippen LogP contribution >= 0.6 is 0 Å². The highest BCUT2D eigenvalue weighted by atomic mass is 16.4. The van der Waals surface area contributed by atoms with Crippen molar-refractivity contribution in [1.82, 2.24) is 15.1 Å². The van der Waals surface area contributed by atoms with E-state index >= 15 is 0 Å². The van der Waals surface area contributed by atoms with Gasteiger partial charge in [-0.1, -0.05) is 19.1 Å². The molecule has 3 heterocycles. The van der Waals surface area contributed by atoms with Crippen LogP contribution in [-0.4, -0.2) is 21.6 Å². The number of aromatic nitrogens is 2. The Bertz CT molecular complexity index is 1170. The molecule has 0 aliphatic heterocycles. The van der Waals surface area contributed by atoms with Crippen molar-refractivity contribution < 1.29 is 13.3 Å². The van der Waals surface area contributed by atoms with Crippen LogP contribution in [-0.2, 0) is 13.1 Å². The lowest BCUT2D eigenvalue weighted by Crippen LogP contribution is -2.24. The first-order valence-electron chi connectivity index (χ1n) is 9.66. The molecule has 0 saturated heterocycles. The zero-order valence-corrected chi connectivity index (χ0v) is 16.8. The molecule has 0 radical (unpaired) electrons. The number of fused-ring (bicyclic) bond motifs is 1. The first-order chi connectivity index (χ1) is 14.0. The summed E-state index contributed by atoms with van der Waals surface area (Å²) in [5.41, 5.74) is 3.33. The third-order valence-electron chi connectivity index (χ3n) is 5.01. The second-order valence-corrected chi connectivity index (χ2v) is 7.16. The molecule has 4 rings (SSSR count). The van der Waals surface area contributed by atoms with Gasteiger partial charge >= 0.3 is 5.63 Å². The van der Waals surface area contributed by atoms with Crippen molar-refractivity contribution in [3.63, 3.8) is 0 Å². The highest BCUT2D eigenvalue weighted by molar-refractivity contribution is 5.83. The second-order valence-electron chi connectivity index (χ2n) is 7.16. The van der Waals surface area contributed by atoms with Crippen LogP contribution in [0.4, 0.5) is 0 Å². The number of furan rings is 1. The Hall–Kier alpha value is -3.19. The Labute approximate surface area is 168 Å². The molecule has 29 heavy (non-hydrogen) atoms. The highest BCUT2D eigenvalue weighted by Crippen LogP contribution is 2.25. The lowest BCUT2D eigenvalue weighted by Gasteiger charge is -2.20. The van der Waals surface area contributed by atoms with Crippen LogP contribution in [0.1, 0.15) is 35.9 Å². The maximum atomic E-state index is 12.2. The molecule has 7 nitrogen and oxygen atoms in total. The highest BCUT2D eigenvalue weighted by Gasteiger charge is 2.17. The van der Waals surface area contributed by atoms with E-state index in [1.807, 2.05) is 19.9 Å². The minimum Gasteiger partial charge on any atom is -0.459 e. The molecule has 0 N–H and O–H groups in total. The van der Waals surface area contributed by atoms with Crippen LogP contribution in [0.2, 0.25) is 0 Å². The minimum atomic E-state index is -0.337. The van der Waals surface area contributed by atoms with Crippen LogP contribution in [0.15, 0.2) is 54.6 Å². The second kappa shape index (κ2) is 8.05. The summed E-state index contributed by atoms with van der Waals surface area (Å²) in [5, 5.41) is 9.16. The lowest BCUT2D eigenvalue weighted by molar-refractivity contribution is 0.232. The van der Waals surface area contributed by atoms with Gasteiger partial charge in [0.1, 0.15) is 5.58 Å². The number of nitrogens with zero attached hydrogens (tertiary/aromatic N) is 3. The van der Waals surface area contributed by atoms with E-state index in [2.05, 4.69) is 28.1 Å². The number of hydrogen-bond donors (Lipinski definition) is 0. The van der Waals surface area contributed by atoms with Gasteiger partial charge in [0.05, 0.1) is 12.8 Å². The van der Waals surface area contributed by atoms with Gasteiger partial charge in [-0.15, -0.1) is 10.2 Å². The average Bonchev–Trinajstić information content (AvgIpc) is 3.37. The summed E-state index contributed by atoms with van der Waals surface area (Å²) in [4.78, 5) is 14.3. The molecule has 0 atom stereocenters. The van der Waals surface area contributed by atoms with Crippen molar-refractivity contribution in [3.8, 4) is 11.7 Å². The lowest BCUT2D eigenvalue weighted by atomic mass is 10.0. The van der Waals surface area contributed by atoms with Gasteiger partial charge in [-0.3, -0.25) is 4.90 Å². The molecule has 0 bridgehead atoms. The molecule has 150 valence electrons. The number of rotatable bonds is 7. The Balaban J connectivity index is 1.62. The molecule has 7 heteroatoms. The number of hydrogen-bond acceptors (Lipinski definition) is 7. The van der Waals surface area contributed by atoms with Crippen molar-refractivity contribution in [2.75, 3.05) is 6.54 Å². The first kappa shape index (κ1) is 19.1. The molecular formula is C22H23N3O4. The first-order valence-corrected chi connectivity index (χ1v) is 9.66. The standard InChI is InChI=1S/C22H23N3O4/c1-4-9-25(13-19-23-24-22(28-19)18-6-5-10-27-18)12-16-11-20(26)29-21-15(3)14(2)7-8-17(16)21/h5-8,10-11H,4,9,12-13H2,1-3H3. The van der Waals surface area contributed by atoms with Gasteiger partial charge in [0.2, 0.25) is 5.89 Å². The quantitative estimate of drug-likeness (QED) is 0.428. The van der Waals surface area contributed by atoms with Crippen molar-refractivity contribution in [3.05, 3.63) is 69.6 Å². The summed E-state index contributed by atoms with van der Waals surface area (Å²) in [7, 11) is 0. The summed E-state index contributed by atoms with van der Waals surface area (Å²) in [6.07, 6.45) is 2.52. The van der Waals surface area contributed by atoms with Crippen molar-refractivity contribution in [1.29, 1.82) is 0 Å². The van der Waals surface area contributed by atoms with E-state index in [0.717, 1.165) is 35.0 Å². The summed E-state index contributed by atoms with van der Waals surface area (Å²) in [6, 6.07) is 9.20. The van der Waals surface area contributed by atoms with Gasteiger partial charge < -0.3 is 13.3 Å². The maximum Gasteiger partial charge on any atom is 0.336 e. The van der Waals surface area contributed by atoms with Crippen molar-refractivity contribution >= 4 is 11.0 Å². The molecule has 0 aliphatic carbocycles. The van der Waals surface area contributed by atoms with Gasteiger partial charge in [0.25, 0.3) is 5.89 Å². The fourth-order valence-electron chi connectivity index (χ4n) is 3.44. The third kappa shape index (κ3) is 4.00. The fourth-order valence-corrected chi connectivity index (χ4v) is 3.44. The van der Waals surface area contributed by atoms with Crippen LogP contribution < -0.4 is 5.63 Å². The van der Waals surface area contributed by atoms with Gasteiger partial charge in [-0.05, 0) is 55.6 Å². The molecule has 0 amide bonds. The topological polar surface area (TPSA) is 85.5 Å². The van der Waals surface area contributed by atoms with Gasteiger partial charge in [-0.2, -0.15) is 0 Å². The van der Waals surface area contributed by atoms with Crippen LogP contribution in [0.25, 0.3) is 22.6 Å². The van der Waals surface area contributed by atoms with E-state index in [9.17, 15) is 4.79 Å². The Morgan fingerprint density at radius 1 is 1.07 bits per heavy atom. The van der Waals surface area contributed by atoms with Crippen LogP contribution in [0, 0.1) is 13.8 Å². The van der Waals surface area contributed by atoms with Gasteiger partial charge in [0.15, 0.2) is 5.76 Å². The minimum absolute atomic E-state index is 0.337. The zero-order chi connectivity index (χ0) is 20.4. The fraction of sp³-hybridized carbons (Fsp3) is 0.318. The third-order valence-corrected chi connectivity index (χ3v) is 5.01. The van der Waals surface area contributed by atoms with Crippen molar-refractivity contribution in [2.45, 2.75) is 40.3 Å². The monoisotopic (exact) mass is 393 g/mol. The zero-order valence-electron chi connectivity index (χ0n) is 16.8. The van der Waals surface area contributed by atoms with Gasteiger partial charge in [0, 0.05) is 18.0 Å². The smallest absolute Gasteiger partial charge is 0.336 e. The molecule has 0 fully saturated rings. The molecular weight excluding hydrogens is 370 g/mol. The molecule has 1 aromatic carbocycles. The number of benzene rings is 1. The Kier molecular flexibility index (Phi) is 5.31. The summed E-state index contributed by atoms with van der Waals surface area (Å²) >= 11 is 0. The Morgan fingerprint density at radius 3 is 2.69 bits per heavy atom. The molecule has 0 spiro atoms. The molecule has 0 saturated carbocycles. The Morgan fingerprint density at radius 2 is 1.93 bits per heavy atom. The average molecular weight is 393 g/mol. The predicted octanol–water partition coefficient (Wildman–Crippen LogP) is 4.47. The summed E-state index contributed by atoms with van der Waals surface area (Å²) in [5.74, 6) is 1.41. The predicted molar refractivity (Wildman–Crippen MR) is 108 cm³/mol. The largest absolute Gasteiger partial charge is 0.459 e. The van der Waals surface area contributed by atoms with E-state index in [1.54, 1.807) is 24.5 Å². The van der Waals surface area contributed by atoms with Crippen LogP contribution in [0.5, 0.6) is 0 Å². The van der Waals surface area contributed by atoms with Crippen LogP contribution in [0.3, 0.4) is 0 Å². The summed E-state index contributed by atoms with van der Waals surface area (Å²) < 4.78 is 16.6.